The average molecular weight is 493 g/mol. The molecule has 2 aromatic carbocycles. The zero-order valence-electron chi connectivity index (χ0n) is 21.3. The lowest BCUT2D eigenvalue weighted by atomic mass is 9.76. The van der Waals surface area contributed by atoms with Gasteiger partial charge < -0.3 is 18.8 Å². The van der Waals surface area contributed by atoms with Gasteiger partial charge in [-0.3, -0.25) is 0 Å². The Kier molecular flexibility index (Phi) is 7.83. The second-order valence-corrected chi connectivity index (χ2v) is 13.0. The van der Waals surface area contributed by atoms with Gasteiger partial charge in [0.15, 0.2) is 0 Å². The minimum atomic E-state index is -2.65. The van der Waals surface area contributed by atoms with E-state index in [2.05, 4.69) is 74.4 Å². The third-order valence-corrected chi connectivity index (χ3v) is 7.98. The summed E-state index contributed by atoms with van der Waals surface area (Å²) >= 11 is 0. The maximum Gasteiger partial charge on any atom is 0.470 e. The fourth-order valence-electron chi connectivity index (χ4n) is 4.51. The van der Waals surface area contributed by atoms with E-state index in [-0.39, 0.29) is 16.7 Å². The molecule has 0 radical (unpaired) electrons. The lowest BCUT2D eigenvalue weighted by molar-refractivity contribution is 0.328. The molecule has 7 heteroatoms. The molecule has 0 unspecified atom stereocenters. The molecule has 6 rings (SSSR count). The van der Waals surface area contributed by atoms with Crippen molar-refractivity contribution >= 4 is 17.2 Å². The summed E-state index contributed by atoms with van der Waals surface area (Å²) in [6, 6.07) is 8.63. The molecule has 0 atom stereocenters. The van der Waals surface area contributed by atoms with E-state index in [1.165, 1.54) is 11.1 Å². The quantitative estimate of drug-likeness (QED) is 0.423. The summed E-state index contributed by atoms with van der Waals surface area (Å²) in [6.07, 6.45) is 2.12. The summed E-state index contributed by atoms with van der Waals surface area (Å²) < 4.78 is 17.9. The lowest BCUT2D eigenvalue weighted by Gasteiger charge is -2.32. The fourth-order valence-corrected chi connectivity index (χ4v) is 5.91. The van der Waals surface area contributed by atoms with Crippen molar-refractivity contribution in [2.45, 2.75) is 91.9 Å². The van der Waals surface area contributed by atoms with Crippen LogP contribution in [0.3, 0.4) is 0 Å². The zero-order chi connectivity index (χ0) is 24.7. The molecule has 2 N–H and O–H groups in total. The van der Waals surface area contributed by atoms with Gasteiger partial charge in [0, 0.05) is 17.0 Å². The molecule has 4 heterocycles. The molecule has 4 aliphatic rings. The van der Waals surface area contributed by atoms with Gasteiger partial charge >= 0.3 is 17.2 Å². The number of aryl methyl sites for hydroxylation is 2. The smallest absolute Gasteiger partial charge is 0.417 e. The highest BCUT2D eigenvalue weighted by Crippen LogP contribution is 2.55. The Bertz CT molecular complexity index is 932. The standard InChI is InChI=1S/C26H38O5P2/c1-10-11-18-19-14-21(25(4,5)6)23(12-16(19)2)29-33(31-32(27)28)30-24-13-17(3)20(18)15-22(24)26(7,8)9/h12-15,18,27-28H,10-11H2,1-9H3. The molecular weight excluding hydrogens is 454 g/mol. The number of rotatable bonds is 4. The summed E-state index contributed by atoms with van der Waals surface area (Å²) in [4.78, 5) is 19.3. The van der Waals surface area contributed by atoms with Gasteiger partial charge in [-0.05, 0) is 65.5 Å². The highest BCUT2D eigenvalue weighted by Gasteiger charge is 2.33. The summed E-state index contributed by atoms with van der Waals surface area (Å²) in [5.41, 5.74) is 6.63. The monoisotopic (exact) mass is 492 g/mol. The first-order chi connectivity index (χ1) is 15.2. The second-order valence-electron chi connectivity index (χ2n) is 11.0. The van der Waals surface area contributed by atoms with Gasteiger partial charge in [0.2, 0.25) is 0 Å². The molecule has 5 nitrogen and oxygen atoms in total. The Hall–Kier alpha value is -1.22. The van der Waals surface area contributed by atoms with Gasteiger partial charge in [-0.1, -0.05) is 67.0 Å². The fraction of sp³-hybridized carbons (Fsp3) is 0.538. The SMILES string of the molecule is CCCC1c2cc(C(C)(C)C)c(cc2C)OP(OP(O)O)Oc2cc(C)c1cc2C(C)(C)C. The molecule has 4 aliphatic heterocycles. The summed E-state index contributed by atoms with van der Waals surface area (Å²) in [6.45, 7) is 19.4. The summed E-state index contributed by atoms with van der Waals surface area (Å²) in [5.74, 6) is 1.58. The van der Waals surface area contributed by atoms with E-state index in [1.807, 2.05) is 12.1 Å². The molecule has 0 saturated heterocycles. The Morgan fingerprint density at radius 3 is 1.61 bits per heavy atom. The van der Waals surface area contributed by atoms with Crippen LogP contribution >= 0.6 is 17.2 Å². The normalized spacial score (nSPS) is 18.7. The third-order valence-electron chi connectivity index (χ3n) is 6.17. The molecule has 0 spiro atoms. The van der Waals surface area contributed by atoms with Gasteiger partial charge in [0.25, 0.3) is 0 Å². The van der Waals surface area contributed by atoms with Crippen LogP contribution < -0.4 is 9.05 Å². The predicted molar refractivity (Wildman–Crippen MR) is 137 cm³/mol. The minimum Gasteiger partial charge on any atom is -0.417 e. The molecule has 33 heavy (non-hydrogen) atoms. The van der Waals surface area contributed by atoms with Crippen molar-refractivity contribution in [1.29, 1.82) is 0 Å². The minimum absolute atomic E-state index is 0.184. The van der Waals surface area contributed by atoms with E-state index in [0.717, 1.165) is 35.1 Å². The largest absolute Gasteiger partial charge is 0.470 e. The first-order valence-corrected chi connectivity index (χ1v) is 13.8. The van der Waals surface area contributed by atoms with E-state index in [1.54, 1.807) is 0 Å². The van der Waals surface area contributed by atoms with Gasteiger partial charge in [0.1, 0.15) is 11.5 Å². The highest BCUT2D eigenvalue weighted by atomic mass is 31.2. The van der Waals surface area contributed by atoms with E-state index in [4.69, 9.17) is 13.4 Å². The van der Waals surface area contributed by atoms with Crippen molar-refractivity contribution in [3.63, 3.8) is 0 Å². The van der Waals surface area contributed by atoms with E-state index >= 15 is 0 Å². The molecule has 2 aromatic rings. The maximum absolute atomic E-state index is 9.65. The van der Waals surface area contributed by atoms with E-state index in [9.17, 15) is 9.79 Å². The van der Waals surface area contributed by atoms with Gasteiger partial charge in [0.05, 0.1) is 0 Å². The van der Waals surface area contributed by atoms with Crippen molar-refractivity contribution in [2.75, 3.05) is 0 Å². The van der Waals surface area contributed by atoms with Crippen LogP contribution in [0, 0.1) is 13.8 Å². The summed E-state index contributed by atoms with van der Waals surface area (Å²) in [5, 5.41) is 0. The van der Waals surface area contributed by atoms with Crippen LogP contribution in [0.25, 0.3) is 0 Å². The molecule has 182 valence electrons. The molecule has 0 saturated carbocycles. The van der Waals surface area contributed by atoms with Crippen molar-refractivity contribution < 1.29 is 23.1 Å². The first kappa shape index (κ1) is 26.4. The van der Waals surface area contributed by atoms with Crippen LogP contribution in [-0.4, -0.2) is 9.79 Å². The number of benzene rings is 2. The Balaban J connectivity index is 2.38. The zero-order valence-corrected chi connectivity index (χ0v) is 23.1. The van der Waals surface area contributed by atoms with Crippen molar-refractivity contribution in [1.82, 2.24) is 0 Å². The predicted octanol–water partition coefficient (Wildman–Crippen LogP) is 8.06. The van der Waals surface area contributed by atoms with Crippen molar-refractivity contribution in [2.24, 2.45) is 0 Å². The van der Waals surface area contributed by atoms with Crippen LogP contribution in [0.1, 0.15) is 101 Å². The van der Waals surface area contributed by atoms with Crippen LogP contribution in [0.5, 0.6) is 11.5 Å². The van der Waals surface area contributed by atoms with Crippen LogP contribution in [0.2, 0.25) is 0 Å². The van der Waals surface area contributed by atoms with E-state index < -0.39 is 17.2 Å². The Morgan fingerprint density at radius 1 is 0.848 bits per heavy atom. The van der Waals surface area contributed by atoms with Crippen LogP contribution in [0.4, 0.5) is 0 Å². The molecular formula is C26H38O5P2. The third kappa shape index (κ3) is 5.89. The number of hydrogen-bond donors (Lipinski definition) is 2. The molecule has 4 bridgehead atoms. The van der Waals surface area contributed by atoms with Crippen molar-refractivity contribution in [3.8, 4) is 11.5 Å². The molecule has 0 aliphatic carbocycles. The highest BCUT2D eigenvalue weighted by molar-refractivity contribution is 7.55. The Morgan fingerprint density at radius 2 is 1.27 bits per heavy atom. The molecule has 0 amide bonds. The topological polar surface area (TPSA) is 68.2 Å². The molecule has 0 fully saturated rings. The van der Waals surface area contributed by atoms with Crippen molar-refractivity contribution in [3.05, 3.63) is 57.6 Å². The first-order valence-electron chi connectivity index (χ1n) is 11.5. The second kappa shape index (κ2) is 9.80. The van der Waals surface area contributed by atoms with Crippen LogP contribution in [0.15, 0.2) is 24.3 Å². The number of hydrogen-bond acceptors (Lipinski definition) is 5. The summed E-state index contributed by atoms with van der Waals surface area (Å²) in [7, 11) is -4.73. The Labute approximate surface area is 201 Å². The maximum atomic E-state index is 9.65. The lowest BCUT2D eigenvalue weighted by Crippen LogP contribution is -2.19. The van der Waals surface area contributed by atoms with Gasteiger partial charge in [-0.25, -0.2) is 4.31 Å². The average Bonchev–Trinajstić information content (AvgIpc) is 2.63. The van der Waals surface area contributed by atoms with Gasteiger partial charge in [-0.2, -0.15) is 0 Å². The van der Waals surface area contributed by atoms with E-state index in [0.29, 0.717) is 11.5 Å². The van der Waals surface area contributed by atoms with Gasteiger partial charge in [-0.15, -0.1) is 0 Å². The van der Waals surface area contributed by atoms with Crippen LogP contribution in [-0.2, 0) is 15.1 Å². The molecule has 0 aromatic heterocycles.